The average Bonchev–Trinajstić information content (AvgIpc) is 2.72. The van der Waals surface area contributed by atoms with Crippen LogP contribution in [0, 0.1) is 0 Å². The highest BCUT2D eigenvalue weighted by Crippen LogP contribution is 2.34. The van der Waals surface area contributed by atoms with Crippen molar-refractivity contribution in [3.8, 4) is 0 Å². The maximum Gasteiger partial charge on any atom is 0.303 e. The van der Waals surface area contributed by atoms with E-state index < -0.39 is 53.7 Å². The van der Waals surface area contributed by atoms with Crippen LogP contribution in [0.25, 0.3) is 0 Å². The van der Waals surface area contributed by atoms with Crippen LogP contribution in [-0.4, -0.2) is 90.5 Å². The number of carbonyl (C=O) groups is 5. The summed E-state index contributed by atoms with van der Waals surface area (Å²) >= 11 is 1.29. The number of carbonyl (C=O) groups excluding carboxylic acids is 5. The van der Waals surface area contributed by atoms with E-state index in [0.717, 1.165) is 6.42 Å². The van der Waals surface area contributed by atoms with E-state index in [1.807, 2.05) is 6.92 Å². The van der Waals surface area contributed by atoms with Crippen molar-refractivity contribution in [1.82, 2.24) is 4.90 Å². The maximum atomic E-state index is 12.0. The van der Waals surface area contributed by atoms with Crippen molar-refractivity contribution in [2.45, 2.75) is 83.7 Å². The Morgan fingerprint density at radius 1 is 0.853 bits per heavy atom. The minimum Gasteiger partial charge on any atom is -0.463 e. The molecule has 1 aliphatic heterocycles. The number of esters is 4. The van der Waals surface area contributed by atoms with E-state index in [1.54, 1.807) is 11.9 Å². The number of thioether (sulfide) groups is 1. The summed E-state index contributed by atoms with van der Waals surface area (Å²) in [5.41, 5.74) is -0.808. The molecule has 1 aliphatic rings. The van der Waals surface area contributed by atoms with Gasteiger partial charge in [0.15, 0.2) is 18.3 Å². The molecule has 0 N–H and O–H groups in total. The lowest BCUT2D eigenvalue weighted by atomic mass is 9.99. The first-order valence-electron chi connectivity index (χ1n) is 11.1. The highest BCUT2D eigenvalue weighted by molar-refractivity contribution is 7.99. The van der Waals surface area contributed by atoms with Gasteiger partial charge in [0.1, 0.15) is 18.1 Å². The average molecular weight is 506 g/mol. The zero-order valence-electron chi connectivity index (χ0n) is 20.6. The molecule has 0 spiro atoms. The third-order valence-corrected chi connectivity index (χ3v) is 5.99. The first-order valence-corrected chi connectivity index (χ1v) is 12.2. The summed E-state index contributed by atoms with van der Waals surface area (Å²) in [7, 11) is 1.73. The van der Waals surface area contributed by atoms with Crippen molar-refractivity contribution in [2.75, 3.05) is 26.0 Å². The summed E-state index contributed by atoms with van der Waals surface area (Å²) in [4.78, 5) is 60.4. The van der Waals surface area contributed by atoms with E-state index in [-0.39, 0.29) is 12.5 Å². The molecule has 0 aromatic heterocycles. The Kier molecular flexibility index (Phi) is 12.9. The summed E-state index contributed by atoms with van der Waals surface area (Å²) in [6.07, 6.45) is -2.51. The van der Waals surface area contributed by atoms with Crippen molar-refractivity contribution in [2.24, 2.45) is 0 Å². The SMILES string of the molecule is CCCC(=O)N(C)CCCS[C@@H]1O[C@H](COC(C)=O)[C@@H](OC(C)=O)[C@H](OC(C)=O)[C@H]1OC(C)=O. The van der Waals surface area contributed by atoms with Gasteiger partial charge in [-0.25, -0.2) is 0 Å². The fourth-order valence-electron chi connectivity index (χ4n) is 3.35. The van der Waals surface area contributed by atoms with Gasteiger partial charge in [-0.2, -0.15) is 0 Å². The molecule has 0 saturated carbocycles. The van der Waals surface area contributed by atoms with E-state index in [0.29, 0.717) is 25.1 Å². The predicted octanol–water partition coefficient (Wildman–Crippen LogP) is 1.45. The van der Waals surface area contributed by atoms with Gasteiger partial charge in [-0.3, -0.25) is 24.0 Å². The molecule has 0 radical (unpaired) electrons. The third-order valence-electron chi connectivity index (χ3n) is 4.76. The fourth-order valence-corrected chi connectivity index (χ4v) is 4.50. The zero-order chi connectivity index (χ0) is 25.8. The lowest BCUT2D eigenvalue weighted by Gasteiger charge is -2.44. The Balaban J connectivity index is 3.06. The quantitative estimate of drug-likeness (QED) is 0.217. The number of rotatable bonds is 12. The molecule has 1 saturated heterocycles. The van der Waals surface area contributed by atoms with Crippen LogP contribution in [0.1, 0.15) is 53.9 Å². The summed E-state index contributed by atoms with van der Waals surface area (Å²) in [6.45, 7) is 6.97. The van der Waals surface area contributed by atoms with Crippen molar-refractivity contribution in [3.05, 3.63) is 0 Å². The van der Waals surface area contributed by atoms with E-state index in [1.165, 1.54) is 39.5 Å². The lowest BCUT2D eigenvalue weighted by Crippen LogP contribution is -2.61. The Morgan fingerprint density at radius 2 is 1.41 bits per heavy atom. The number of ether oxygens (including phenoxy) is 5. The van der Waals surface area contributed by atoms with Crippen molar-refractivity contribution in [1.29, 1.82) is 0 Å². The van der Waals surface area contributed by atoms with Crippen LogP contribution >= 0.6 is 11.8 Å². The largest absolute Gasteiger partial charge is 0.463 e. The van der Waals surface area contributed by atoms with E-state index in [9.17, 15) is 24.0 Å². The highest BCUT2D eigenvalue weighted by atomic mass is 32.2. The molecule has 0 aromatic carbocycles. The van der Waals surface area contributed by atoms with E-state index in [4.69, 9.17) is 23.7 Å². The van der Waals surface area contributed by atoms with Crippen molar-refractivity contribution >= 4 is 41.5 Å². The normalized spacial score (nSPS) is 24.0. The second-order valence-electron chi connectivity index (χ2n) is 7.86. The zero-order valence-corrected chi connectivity index (χ0v) is 21.4. The van der Waals surface area contributed by atoms with Gasteiger partial charge in [0.2, 0.25) is 5.91 Å². The van der Waals surface area contributed by atoms with E-state index >= 15 is 0 Å². The highest BCUT2D eigenvalue weighted by Gasteiger charge is 2.52. The standard InChI is InChI=1S/C22H35NO10S/c1-7-9-18(28)23(6)10-8-11-34-22-21(32-16(5)27)20(31-15(4)26)19(30-14(3)25)17(33-22)12-29-13(2)24/h17,19-22H,7-12H2,1-6H3/t17-,19-,20+,21-,22+/m1/s1. The summed E-state index contributed by atoms with van der Waals surface area (Å²) < 4.78 is 27.3. The minimum atomic E-state index is -1.18. The summed E-state index contributed by atoms with van der Waals surface area (Å²) in [5.74, 6) is -1.98. The second kappa shape index (κ2) is 14.8. The van der Waals surface area contributed by atoms with Gasteiger partial charge >= 0.3 is 23.9 Å². The molecule has 34 heavy (non-hydrogen) atoms. The van der Waals surface area contributed by atoms with Gasteiger partial charge in [-0.05, 0) is 18.6 Å². The second-order valence-corrected chi connectivity index (χ2v) is 9.06. The first kappa shape index (κ1) is 29.7. The lowest BCUT2D eigenvalue weighted by molar-refractivity contribution is -0.237. The molecule has 11 nitrogen and oxygen atoms in total. The molecule has 1 fully saturated rings. The van der Waals surface area contributed by atoms with E-state index in [2.05, 4.69) is 0 Å². The van der Waals surface area contributed by atoms with Crippen LogP contribution < -0.4 is 0 Å². The topological polar surface area (TPSA) is 135 Å². The van der Waals surface area contributed by atoms with Crippen LogP contribution in [0.5, 0.6) is 0 Å². The molecule has 0 aromatic rings. The molecule has 1 rings (SSSR count). The number of hydrogen-bond donors (Lipinski definition) is 0. The predicted molar refractivity (Wildman–Crippen MR) is 122 cm³/mol. The molecular weight excluding hydrogens is 470 g/mol. The molecule has 1 amide bonds. The molecule has 0 bridgehead atoms. The van der Waals surface area contributed by atoms with Gasteiger partial charge < -0.3 is 28.6 Å². The van der Waals surface area contributed by atoms with Gasteiger partial charge in [-0.1, -0.05) is 6.92 Å². The van der Waals surface area contributed by atoms with Crippen molar-refractivity contribution < 1.29 is 47.7 Å². The Morgan fingerprint density at radius 3 is 1.94 bits per heavy atom. The van der Waals surface area contributed by atoms with Gasteiger partial charge in [0.25, 0.3) is 0 Å². The van der Waals surface area contributed by atoms with Gasteiger partial charge in [0.05, 0.1) is 0 Å². The molecule has 0 aliphatic carbocycles. The van der Waals surface area contributed by atoms with Gasteiger partial charge in [0, 0.05) is 47.7 Å². The Hall–Kier alpha value is -2.34. The molecular formula is C22H35NO10S. The van der Waals surface area contributed by atoms with Crippen LogP contribution in [0.2, 0.25) is 0 Å². The number of hydrogen-bond acceptors (Lipinski definition) is 11. The molecule has 1 heterocycles. The third kappa shape index (κ3) is 10.3. The van der Waals surface area contributed by atoms with Crippen LogP contribution in [0.3, 0.4) is 0 Å². The van der Waals surface area contributed by atoms with Gasteiger partial charge in [-0.15, -0.1) is 11.8 Å². The molecule has 0 unspecified atom stereocenters. The fraction of sp³-hybridized carbons (Fsp3) is 0.773. The smallest absolute Gasteiger partial charge is 0.303 e. The number of nitrogens with zero attached hydrogens (tertiary/aromatic N) is 1. The monoisotopic (exact) mass is 505 g/mol. The Labute approximate surface area is 204 Å². The number of amides is 1. The summed E-state index contributed by atoms with van der Waals surface area (Å²) in [5, 5.41) is 0. The van der Waals surface area contributed by atoms with Crippen LogP contribution in [-0.2, 0) is 47.7 Å². The van der Waals surface area contributed by atoms with Crippen LogP contribution in [0.4, 0.5) is 0 Å². The summed E-state index contributed by atoms with van der Waals surface area (Å²) in [6, 6.07) is 0. The Bertz CT molecular complexity index is 730. The maximum absolute atomic E-state index is 12.0. The van der Waals surface area contributed by atoms with Crippen molar-refractivity contribution in [3.63, 3.8) is 0 Å². The van der Waals surface area contributed by atoms with Crippen LogP contribution in [0.15, 0.2) is 0 Å². The molecule has 5 atom stereocenters. The molecule has 194 valence electrons. The minimum absolute atomic E-state index is 0.0554. The molecule has 12 heteroatoms. The first-order chi connectivity index (χ1) is 16.0.